The second-order valence-electron chi connectivity index (χ2n) is 5.15. The van der Waals surface area contributed by atoms with E-state index in [0.29, 0.717) is 0 Å². The van der Waals surface area contributed by atoms with Crippen LogP contribution in [0.3, 0.4) is 0 Å². The van der Waals surface area contributed by atoms with Crippen LogP contribution in [-0.4, -0.2) is 16.3 Å². The van der Waals surface area contributed by atoms with Crippen LogP contribution < -0.4 is 5.32 Å². The van der Waals surface area contributed by atoms with E-state index in [1.165, 1.54) is 0 Å². The molecule has 2 aromatic heterocycles. The first kappa shape index (κ1) is 13.9. The molecule has 1 N–H and O–H groups in total. The maximum atomic E-state index is 6.05. The number of nitrogens with zero attached hydrogens (tertiary/aromatic N) is 2. The Morgan fingerprint density at radius 2 is 2.10 bits per heavy atom. The van der Waals surface area contributed by atoms with Crippen molar-refractivity contribution < 1.29 is 4.42 Å². The molecular formula is C17H21N3O. The summed E-state index contributed by atoms with van der Waals surface area (Å²) in [5.74, 6) is 0.944. The lowest BCUT2D eigenvalue weighted by atomic mass is 10.1. The van der Waals surface area contributed by atoms with Gasteiger partial charge in [0.05, 0.1) is 5.69 Å². The van der Waals surface area contributed by atoms with Crippen molar-refractivity contribution in [3.8, 4) is 0 Å². The molecule has 0 aliphatic heterocycles. The van der Waals surface area contributed by atoms with Crippen molar-refractivity contribution in [2.24, 2.45) is 0 Å². The summed E-state index contributed by atoms with van der Waals surface area (Å²) in [5.41, 5.74) is 2.07. The van der Waals surface area contributed by atoms with Gasteiger partial charge in [-0.25, -0.2) is 0 Å². The van der Waals surface area contributed by atoms with Crippen molar-refractivity contribution in [2.75, 3.05) is 6.54 Å². The van der Waals surface area contributed by atoms with Crippen LogP contribution in [0.2, 0.25) is 0 Å². The van der Waals surface area contributed by atoms with Crippen LogP contribution in [0.1, 0.15) is 37.8 Å². The molecule has 0 aliphatic rings. The minimum absolute atomic E-state index is 0.0415. The summed E-state index contributed by atoms with van der Waals surface area (Å²) in [6.07, 6.45) is 2.93. The zero-order valence-corrected chi connectivity index (χ0v) is 12.5. The second-order valence-corrected chi connectivity index (χ2v) is 5.15. The summed E-state index contributed by atoms with van der Waals surface area (Å²) in [6, 6.07) is 12.3. The molecule has 21 heavy (non-hydrogen) atoms. The molecule has 1 aromatic carbocycles. The SMILES string of the molecule is CCCNC(c1cc2ccccc2o1)c1ccnn1CC. The molecule has 0 saturated carbocycles. The molecule has 2 heterocycles. The van der Waals surface area contributed by atoms with Crippen LogP contribution in [0, 0.1) is 0 Å². The first-order valence-electron chi connectivity index (χ1n) is 7.57. The zero-order valence-electron chi connectivity index (χ0n) is 12.5. The monoisotopic (exact) mass is 283 g/mol. The molecule has 0 aliphatic carbocycles. The Kier molecular flexibility index (Phi) is 4.06. The van der Waals surface area contributed by atoms with E-state index in [0.717, 1.165) is 41.9 Å². The highest BCUT2D eigenvalue weighted by Gasteiger charge is 2.21. The molecule has 0 saturated heterocycles. The summed E-state index contributed by atoms with van der Waals surface area (Å²) < 4.78 is 8.06. The van der Waals surface area contributed by atoms with Gasteiger partial charge < -0.3 is 9.73 Å². The molecule has 0 bridgehead atoms. The molecule has 3 rings (SSSR count). The number of aryl methyl sites for hydroxylation is 1. The quantitative estimate of drug-likeness (QED) is 0.749. The molecule has 1 unspecified atom stereocenters. The largest absolute Gasteiger partial charge is 0.459 e. The lowest BCUT2D eigenvalue weighted by Crippen LogP contribution is -2.25. The predicted octanol–water partition coefficient (Wildman–Crippen LogP) is 3.74. The van der Waals surface area contributed by atoms with Crippen LogP contribution in [0.15, 0.2) is 47.0 Å². The minimum Gasteiger partial charge on any atom is -0.459 e. The maximum Gasteiger partial charge on any atom is 0.134 e. The Balaban J connectivity index is 2.02. The molecule has 3 aromatic rings. The van der Waals surface area contributed by atoms with E-state index in [2.05, 4.69) is 42.5 Å². The smallest absolute Gasteiger partial charge is 0.134 e. The topological polar surface area (TPSA) is 43.0 Å². The number of hydrogen-bond acceptors (Lipinski definition) is 3. The lowest BCUT2D eigenvalue weighted by Gasteiger charge is -2.17. The lowest BCUT2D eigenvalue weighted by molar-refractivity contribution is 0.445. The predicted molar refractivity (Wildman–Crippen MR) is 84.3 cm³/mol. The Morgan fingerprint density at radius 3 is 2.86 bits per heavy atom. The van der Waals surface area contributed by atoms with Crippen LogP contribution in [0.5, 0.6) is 0 Å². The van der Waals surface area contributed by atoms with Crippen molar-refractivity contribution >= 4 is 11.0 Å². The fourth-order valence-electron chi connectivity index (χ4n) is 2.64. The zero-order chi connectivity index (χ0) is 14.7. The number of nitrogens with one attached hydrogen (secondary N) is 1. The fourth-order valence-corrected chi connectivity index (χ4v) is 2.64. The third-order valence-corrected chi connectivity index (χ3v) is 3.67. The normalized spacial score (nSPS) is 12.9. The van der Waals surface area contributed by atoms with E-state index in [4.69, 9.17) is 4.42 Å². The van der Waals surface area contributed by atoms with Gasteiger partial charge in [-0.2, -0.15) is 5.10 Å². The van der Waals surface area contributed by atoms with Gasteiger partial charge in [0, 0.05) is 18.1 Å². The number of aromatic nitrogens is 2. The Hall–Kier alpha value is -2.07. The first-order valence-corrected chi connectivity index (χ1v) is 7.57. The number of para-hydroxylation sites is 1. The van der Waals surface area contributed by atoms with Crippen molar-refractivity contribution in [1.29, 1.82) is 0 Å². The highest BCUT2D eigenvalue weighted by molar-refractivity contribution is 5.77. The van der Waals surface area contributed by atoms with Crippen LogP contribution in [0.25, 0.3) is 11.0 Å². The van der Waals surface area contributed by atoms with Gasteiger partial charge >= 0.3 is 0 Å². The van der Waals surface area contributed by atoms with Gasteiger partial charge in [-0.15, -0.1) is 0 Å². The number of furan rings is 1. The summed E-state index contributed by atoms with van der Waals surface area (Å²) in [4.78, 5) is 0. The van der Waals surface area contributed by atoms with Gasteiger partial charge in [0.25, 0.3) is 0 Å². The third kappa shape index (κ3) is 2.72. The third-order valence-electron chi connectivity index (χ3n) is 3.67. The molecule has 0 amide bonds. The van der Waals surface area contributed by atoms with Crippen molar-refractivity contribution in [1.82, 2.24) is 15.1 Å². The Morgan fingerprint density at radius 1 is 1.24 bits per heavy atom. The van der Waals surface area contributed by atoms with E-state index in [-0.39, 0.29) is 6.04 Å². The van der Waals surface area contributed by atoms with Gasteiger partial charge in [0.15, 0.2) is 0 Å². The van der Waals surface area contributed by atoms with E-state index >= 15 is 0 Å². The van der Waals surface area contributed by atoms with Crippen LogP contribution in [0.4, 0.5) is 0 Å². The molecule has 110 valence electrons. The van der Waals surface area contributed by atoms with E-state index in [1.54, 1.807) is 0 Å². The van der Waals surface area contributed by atoms with E-state index < -0.39 is 0 Å². The fraction of sp³-hybridized carbons (Fsp3) is 0.353. The standard InChI is InChI=1S/C17H21N3O/c1-3-10-18-17(14-9-11-19-20(14)4-2)16-12-13-7-5-6-8-15(13)21-16/h5-9,11-12,17-18H,3-4,10H2,1-2H3. The van der Waals surface area contributed by atoms with Crippen molar-refractivity contribution in [3.05, 3.63) is 54.0 Å². The first-order chi connectivity index (χ1) is 10.3. The number of hydrogen-bond donors (Lipinski definition) is 1. The second kappa shape index (κ2) is 6.14. The number of fused-ring (bicyclic) bond motifs is 1. The highest BCUT2D eigenvalue weighted by Crippen LogP contribution is 2.28. The van der Waals surface area contributed by atoms with Gasteiger partial charge in [0.2, 0.25) is 0 Å². The molecule has 0 spiro atoms. The van der Waals surface area contributed by atoms with Crippen LogP contribution >= 0.6 is 0 Å². The molecule has 4 nitrogen and oxygen atoms in total. The summed E-state index contributed by atoms with van der Waals surface area (Å²) in [7, 11) is 0. The van der Waals surface area contributed by atoms with Gasteiger partial charge in [0.1, 0.15) is 17.4 Å². The average molecular weight is 283 g/mol. The van der Waals surface area contributed by atoms with Crippen molar-refractivity contribution in [2.45, 2.75) is 32.9 Å². The highest BCUT2D eigenvalue weighted by atomic mass is 16.3. The van der Waals surface area contributed by atoms with Crippen molar-refractivity contribution in [3.63, 3.8) is 0 Å². The number of rotatable bonds is 6. The Labute approximate surface area is 124 Å². The minimum atomic E-state index is 0.0415. The Bertz CT molecular complexity index is 680. The van der Waals surface area contributed by atoms with Gasteiger partial charge in [-0.3, -0.25) is 4.68 Å². The summed E-state index contributed by atoms with van der Waals surface area (Å²) in [6.45, 7) is 6.06. The molecular weight excluding hydrogens is 262 g/mol. The summed E-state index contributed by atoms with van der Waals surface area (Å²) in [5, 5.41) is 9.08. The molecule has 4 heteroatoms. The molecule has 1 atom stereocenters. The van der Waals surface area contributed by atoms with E-state index in [1.807, 2.05) is 29.1 Å². The van der Waals surface area contributed by atoms with Crippen LogP contribution in [-0.2, 0) is 6.54 Å². The average Bonchev–Trinajstić information content (AvgIpc) is 3.14. The molecule has 0 radical (unpaired) electrons. The summed E-state index contributed by atoms with van der Waals surface area (Å²) >= 11 is 0. The van der Waals surface area contributed by atoms with Gasteiger partial charge in [-0.1, -0.05) is 25.1 Å². The maximum absolute atomic E-state index is 6.05. The molecule has 0 fully saturated rings. The number of benzene rings is 1. The van der Waals surface area contributed by atoms with E-state index in [9.17, 15) is 0 Å². The van der Waals surface area contributed by atoms with Gasteiger partial charge in [-0.05, 0) is 38.1 Å².